The molecule has 1 aliphatic rings. The number of carbonyl (C=O) groups excluding carboxylic acids is 1. The summed E-state index contributed by atoms with van der Waals surface area (Å²) >= 11 is 0. The summed E-state index contributed by atoms with van der Waals surface area (Å²) in [6, 6.07) is 14.1. The first-order valence-corrected chi connectivity index (χ1v) is 10.6. The molecule has 1 aromatic heterocycles. The standard InChI is InChI=1S/C24H33N3O2/c1-18(2)15-23(28)26-24(21-11-6-7-13-25-21)20-10-8-14-27(17-20)16-19-9-4-5-12-22(19)29-3/h4-7,9,11-13,18,20,24H,8,10,14-17H2,1-3H3,(H,26,28)/t20-,24+/m0/s1. The Hall–Kier alpha value is -2.40. The fraction of sp³-hybridized carbons (Fsp3) is 0.500. The number of nitrogens with zero attached hydrogens (tertiary/aromatic N) is 2. The van der Waals surface area contributed by atoms with Crippen molar-refractivity contribution >= 4 is 5.91 Å². The molecule has 5 nitrogen and oxygen atoms in total. The number of aromatic nitrogens is 1. The molecule has 2 atom stereocenters. The number of pyridine rings is 1. The first-order chi connectivity index (χ1) is 14.1. The van der Waals surface area contributed by atoms with Crippen LogP contribution >= 0.6 is 0 Å². The van der Waals surface area contributed by atoms with Gasteiger partial charge in [-0.05, 0) is 49.4 Å². The highest BCUT2D eigenvalue weighted by Crippen LogP contribution is 2.31. The minimum atomic E-state index is -0.0529. The summed E-state index contributed by atoms with van der Waals surface area (Å²) in [5, 5.41) is 3.29. The zero-order valence-electron chi connectivity index (χ0n) is 17.8. The van der Waals surface area contributed by atoms with Crippen LogP contribution in [-0.4, -0.2) is 36.0 Å². The lowest BCUT2D eigenvalue weighted by molar-refractivity contribution is -0.123. The molecule has 1 saturated heterocycles. The lowest BCUT2D eigenvalue weighted by Crippen LogP contribution is -2.43. The number of benzene rings is 1. The summed E-state index contributed by atoms with van der Waals surface area (Å²) in [5.41, 5.74) is 2.16. The SMILES string of the molecule is COc1ccccc1CN1CCC[C@H]([C@@H](NC(=O)CC(C)C)c2ccccn2)C1. The van der Waals surface area contributed by atoms with Crippen LogP contribution in [0, 0.1) is 11.8 Å². The Morgan fingerprint density at radius 3 is 2.76 bits per heavy atom. The number of nitrogens with one attached hydrogen (secondary N) is 1. The Balaban J connectivity index is 1.74. The maximum absolute atomic E-state index is 12.6. The van der Waals surface area contributed by atoms with Crippen LogP contribution in [0.25, 0.3) is 0 Å². The number of hydrogen-bond acceptors (Lipinski definition) is 4. The number of rotatable bonds is 8. The van der Waals surface area contributed by atoms with Crippen LogP contribution in [0.2, 0.25) is 0 Å². The molecule has 5 heteroatoms. The van der Waals surface area contributed by atoms with E-state index in [2.05, 4.69) is 41.2 Å². The van der Waals surface area contributed by atoms with Crippen LogP contribution in [0.1, 0.15) is 50.4 Å². The van der Waals surface area contributed by atoms with E-state index < -0.39 is 0 Å². The predicted octanol–water partition coefficient (Wildman–Crippen LogP) is 4.21. The molecular formula is C24H33N3O2. The number of piperidine rings is 1. The number of hydrogen-bond donors (Lipinski definition) is 1. The molecule has 0 saturated carbocycles. The van der Waals surface area contributed by atoms with Crippen LogP contribution in [0.5, 0.6) is 5.75 Å². The summed E-state index contributed by atoms with van der Waals surface area (Å²) in [6.45, 7) is 7.00. The van der Waals surface area contributed by atoms with Crippen LogP contribution < -0.4 is 10.1 Å². The lowest BCUT2D eigenvalue weighted by atomic mass is 9.88. The lowest BCUT2D eigenvalue weighted by Gasteiger charge is -2.37. The number of likely N-dealkylation sites (tertiary alicyclic amines) is 1. The van der Waals surface area contributed by atoms with E-state index in [0.717, 1.165) is 43.9 Å². The Morgan fingerprint density at radius 2 is 2.03 bits per heavy atom. The largest absolute Gasteiger partial charge is 0.496 e. The number of methoxy groups -OCH3 is 1. The Morgan fingerprint density at radius 1 is 1.24 bits per heavy atom. The zero-order chi connectivity index (χ0) is 20.6. The number of carbonyl (C=O) groups is 1. The second kappa shape index (κ2) is 10.4. The Kier molecular flexibility index (Phi) is 7.64. The summed E-state index contributed by atoms with van der Waals surface area (Å²) in [4.78, 5) is 19.6. The molecule has 0 bridgehead atoms. The normalized spacial score (nSPS) is 18.4. The predicted molar refractivity (Wildman–Crippen MR) is 116 cm³/mol. The van der Waals surface area contributed by atoms with Crippen molar-refractivity contribution in [2.75, 3.05) is 20.2 Å². The molecule has 1 aliphatic heterocycles. The fourth-order valence-electron chi connectivity index (χ4n) is 4.18. The van der Waals surface area contributed by atoms with Gasteiger partial charge < -0.3 is 10.1 Å². The average molecular weight is 396 g/mol. The minimum absolute atomic E-state index is 0.0529. The third-order valence-corrected chi connectivity index (χ3v) is 5.52. The van der Waals surface area contributed by atoms with Gasteiger partial charge in [-0.25, -0.2) is 0 Å². The van der Waals surface area contributed by atoms with Gasteiger partial charge >= 0.3 is 0 Å². The molecule has 0 spiro atoms. The van der Waals surface area contributed by atoms with E-state index in [1.807, 2.05) is 36.5 Å². The molecule has 0 unspecified atom stereocenters. The van der Waals surface area contributed by atoms with Gasteiger partial charge in [0, 0.05) is 31.3 Å². The van der Waals surface area contributed by atoms with Gasteiger partial charge in [0.15, 0.2) is 0 Å². The highest BCUT2D eigenvalue weighted by molar-refractivity contribution is 5.76. The highest BCUT2D eigenvalue weighted by Gasteiger charge is 2.30. The van der Waals surface area contributed by atoms with E-state index in [1.54, 1.807) is 7.11 Å². The molecular weight excluding hydrogens is 362 g/mol. The molecule has 29 heavy (non-hydrogen) atoms. The first kappa shape index (κ1) is 21.3. The summed E-state index contributed by atoms with van der Waals surface area (Å²) in [7, 11) is 1.72. The molecule has 1 aromatic carbocycles. The van der Waals surface area contributed by atoms with Crippen LogP contribution in [0.3, 0.4) is 0 Å². The van der Waals surface area contributed by atoms with Gasteiger partial charge in [0.05, 0.1) is 18.8 Å². The van der Waals surface area contributed by atoms with Crippen LogP contribution in [0.15, 0.2) is 48.7 Å². The average Bonchev–Trinajstić information content (AvgIpc) is 2.73. The van der Waals surface area contributed by atoms with Crippen molar-refractivity contribution in [1.29, 1.82) is 0 Å². The zero-order valence-corrected chi connectivity index (χ0v) is 17.8. The van der Waals surface area contributed by atoms with E-state index in [1.165, 1.54) is 5.56 Å². The van der Waals surface area contributed by atoms with Crippen molar-refractivity contribution in [3.63, 3.8) is 0 Å². The van der Waals surface area contributed by atoms with E-state index in [4.69, 9.17) is 4.74 Å². The topological polar surface area (TPSA) is 54.5 Å². The summed E-state index contributed by atoms with van der Waals surface area (Å²) < 4.78 is 5.53. The van der Waals surface area contributed by atoms with Gasteiger partial charge in [-0.3, -0.25) is 14.7 Å². The molecule has 1 N–H and O–H groups in total. The molecule has 2 heterocycles. The Bertz CT molecular complexity index is 779. The number of para-hydroxylation sites is 1. The fourth-order valence-corrected chi connectivity index (χ4v) is 4.18. The van der Waals surface area contributed by atoms with E-state index in [0.29, 0.717) is 18.3 Å². The molecule has 0 radical (unpaired) electrons. The molecule has 1 fully saturated rings. The molecule has 156 valence electrons. The molecule has 0 aliphatic carbocycles. The first-order valence-electron chi connectivity index (χ1n) is 10.6. The van der Waals surface area contributed by atoms with E-state index in [9.17, 15) is 4.79 Å². The second-order valence-corrected chi connectivity index (χ2v) is 8.35. The quantitative estimate of drug-likeness (QED) is 0.728. The van der Waals surface area contributed by atoms with Crippen molar-refractivity contribution in [1.82, 2.24) is 15.2 Å². The van der Waals surface area contributed by atoms with E-state index >= 15 is 0 Å². The second-order valence-electron chi connectivity index (χ2n) is 8.35. The molecule has 3 rings (SSSR count). The van der Waals surface area contributed by atoms with Crippen molar-refractivity contribution in [3.05, 3.63) is 59.9 Å². The summed E-state index contributed by atoms with van der Waals surface area (Å²) in [6.07, 6.45) is 4.56. The maximum atomic E-state index is 12.6. The smallest absolute Gasteiger partial charge is 0.220 e. The molecule has 1 amide bonds. The third-order valence-electron chi connectivity index (χ3n) is 5.52. The van der Waals surface area contributed by atoms with Crippen molar-refractivity contribution in [3.8, 4) is 5.75 Å². The van der Waals surface area contributed by atoms with Gasteiger partial charge in [0.2, 0.25) is 5.91 Å². The Labute approximate surface area is 174 Å². The van der Waals surface area contributed by atoms with Crippen LogP contribution in [0.4, 0.5) is 0 Å². The van der Waals surface area contributed by atoms with Gasteiger partial charge in [-0.1, -0.05) is 38.1 Å². The number of amides is 1. The minimum Gasteiger partial charge on any atom is -0.496 e. The molecule has 2 aromatic rings. The summed E-state index contributed by atoms with van der Waals surface area (Å²) in [5.74, 6) is 1.72. The van der Waals surface area contributed by atoms with Gasteiger partial charge in [0.25, 0.3) is 0 Å². The number of ether oxygens (including phenoxy) is 1. The van der Waals surface area contributed by atoms with Crippen LogP contribution in [-0.2, 0) is 11.3 Å². The third kappa shape index (κ3) is 6.04. The van der Waals surface area contributed by atoms with Crippen molar-refractivity contribution in [2.45, 2.75) is 45.7 Å². The highest BCUT2D eigenvalue weighted by atomic mass is 16.5. The van der Waals surface area contributed by atoms with E-state index in [-0.39, 0.29) is 11.9 Å². The maximum Gasteiger partial charge on any atom is 0.220 e. The van der Waals surface area contributed by atoms with Crippen molar-refractivity contribution in [2.24, 2.45) is 11.8 Å². The van der Waals surface area contributed by atoms with Gasteiger partial charge in [-0.15, -0.1) is 0 Å². The van der Waals surface area contributed by atoms with Crippen molar-refractivity contribution < 1.29 is 9.53 Å². The van der Waals surface area contributed by atoms with Gasteiger partial charge in [0.1, 0.15) is 5.75 Å². The monoisotopic (exact) mass is 395 g/mol. The van der Waals surface area contributed by atoms with Gasteiger partial charge in [-0.2, -0.15) is 0 Å².